The molecule has 0 saturated heterocycles. The van der Waals surface area contributed by atoms with Gasteiger partial charge in [0.1, 0.15) is 17.1 Å². The van der Waals surface area contributed by atoms with E-state index in [2.05, 4.69) is 9.97 Å². The van der Waals surface area contributed by atoms with Gasteiger partial charge in [-0.15, -0.1) is 0 Å². The van der Waals surface area contributed by atoms with E-state index in [1.807, 2.05) is 13.8 Å². The van der Waals surface area contributed by atoms with E-state index in [9.17, 15) is 9.59 Å². The summed E-state index contributed by atoms with van der Waals surface area (Å²) >= 11 is 0. The monoisotopic (exact) mass is 428 g/mol. The second-order valence-electron chi connectivity index (χ2n) is 6.99. The van der Waals surface area contributed by atoms with Crippen molar-refractivity contribution in [3.63, 3.8) is 0 Å². The Balaban J connectivity index is 2.12. The van der Waals surface area contributed by atoms with Crippen LogP contribution in [0.25, 0.3) is 23.3 Å². The molecule has 166 valence electrons. The van der Waals surface area contributed by atoms with E-state index < -0.39 is 0 Å². The molecule has 0 spiro atoms. The number of fused-ring (bicyclic) bond motifs is 1. The third kappa shape index (κ3) is 4.21. The summed E-state index contributed by atoms with van der Waals surface area (Å²) in [6.07, 6.45) is 4.96. The van der Waals surface area contributed by atoms with Gasteiger partial charge in [-0.25, -0.2) is 9.78 Å². The van der Waals surface area contributed by atoms with Gasteiger partial charge >= 0.3 is 5.69 Å². The van der Waals surface area contributed by atoms with Gasteiger partial charge in [-0.2, -0.15) is 0 Å². The van der Waals surface area contributed by atoms with Crippen LogP contribution in [0.5, 0.6) is 17.2 Å². The van der Waals surface area contributed by atoms with Gasteiger partial charge in [-0.3, -0.25) is 13.9 Å². The van der Waals surface area contributed by atoms with Crippen LogP contribution >= 0.6 is 0 Å². The maximum Gasteiger partial charge on any atom is 0.332 e. The van der Waals surface area contributed by atoms with Gasteiger partial charge in [0, 0.05) is 24.7 Å². The third-order valence-electron chi connectivity index (χ3n) is 4.93. The maximum atomic E-state index is 12.8. The molecule has 9 nitrogen and oxygen atoms in total. The number of hydrogen-bond donors (Lipinski definition) is 1. The summed E-state index contributed by atoms with van der Waals surface area (Å²) in [7, 11) is 4.69. The van der Waals surface area contributed by atoms with E-state index in [0.717, 1.165) is 12.0 Å². The number of ether oxygens (including phenoxy) is 3. The molecule has 2 heterocycles. The van der Waals surface area contributed by atoms with Crippen molar-refractivity contribution < 1.29 is 14.2 Å². The van der Waals surface area contributed by atoms with E-state index in [0.29, 0.717) is 53.7 Å². The standard InChI is InChI=1S/C22H28N4O5/c1-6-10-25-20-19(21(27)26(11-7-2)22(25)28)23-18(24-20)9-8-14-12-16(30-4)17(31-5)13-15(14)29-3/h8-9,12-13H,6-7,10-11H2,1-5H3,(H,23,24)/b9-8+. The molecule has 9 heteroatoms. The number of nitrogens with zero attached hydrogens (tertiary/aromatic N) is 3. The summed E-state index contributed by atoms with van der Waals surface area (Å²) in [5.41, 5.74) is 0.744. The van der Waals surface area contributed by atoms with Crippen LogP contribution in [-0.4, -0.2) is 40.4 Å². The number of methoxy groups -OCH3 is 3. The van der Waals surface area contributed by atoms with Crippen molar-refractivity contribution in [2.75, 3.05) is 21.3 Å². The maximum absolute atomic E-state index is 12.8. The molecule has 0 unspecified atom stereocenters. The predicted octanol–water partition coefficient (Wildman–Crippen LogP) is 2.90. The van der Waals surface area contributed by atoms with Crippen LogP contribution in [0.1, 0.15) is 38.1 Å². The van der Waals surface area contributed by atoms with Gasteiger partial charge in [-0.05, 0) is 31.1 Å². The second-order valence-corrected chi connectivity index (χ2v) is 6.99. The van der Waals surface area contributed by atoms with Crippen LogP contribution < -0.4 is 25.5 Å². The lowest BCUT2D eigenvalue weighted by Crippen LogP contribution is -2.40. The number of hydrogen-bond acceptors (Lipinski definition) is 6. The Morgan fingerprint density at radius 1 is 0.903 bits per heavy atom. The van der Waals surface area contributed by atoms with E-state index in [4.69, 9.17) is 14.2 Å². The Bertz CT molecular complexity index is 1220. The molecule has 2 aromatic heterocycles. The Kier molecular flexibility index (Phi) is 6.84. The van der Waals surface area contributed by atoms with E-state index in [-0.39, 0.29) is 11.2 Å². The number of benzene rings is 1. The van der Waals surface area contributed by atoms with Crippen molar-refractivity contribution in [3.8, 4) is 17.2 Å². The first-order valence-electron chi connectivity index (χ1n) is 10.2. The first-order valence-corrected chi connectivity index (χ1v) is 10.2. The smallest absolute Gasteiger partial charge is 0.332 e. The summed E-state index contributed by atoms with van der Waals surface area (Å²) in [6, 6.07) is 3.53. The Hall–Kier alpha value is -3.49. The number of rotatable bonds is 9. The van der Waals surface area contributed by atoms with Gasteiger partial charge in [0.25, 0.3) is 5.56 Å². The fourth-order valence-electron chi connectivity index (χ4n) is 3.46. The van der Waals surface area contributed by atoms with Crippen molar-refractivity contribution in [3.05, 3.63) is 44.4 Å². The fourth-order valence-corrected chi connectivity index (χ4v) is 3.46. The van der Waals surface area contributed by atoms with Crippen molar-refractivity contribution in [2.24, 2.45) is 0 Å². The predicted molar refractivity (Wildman–Crippen MR) is 120 cm³/mol. The van der Waals surface area contributed by atoms with E-state index in [1.54, 1.807) is 50.2 Å². The minimum Gasteiger partial charge on any atom is -0.496 e. The minimum atomic E-state index is -0.356. The minimum absolute atomic E-state index is 0.320. The van der Waals surface area contributed by atoms with Crippen LogP contribution in [0.4, 0.5) is 0 Å². The van der Waals surface area contributed by atoms with Crippen LogP contribution in [-0.2, 0) is 13.1 Å². The number of aromatic amines is 1. The molecule has 0 aliphatic rings. The normalized spacial score (nSPS) is 11.4. The molecular weight excluding hydrogens is 400 g/mol. The Morgan fingerprint density at radius 2 is 1.52 bits per heavy atom. The molecule has 1 N–H and O–H groups in total. The number of nitrogens with one attached hydrogen (secondary N) is 1. The number of aromatic nitrogens is 4. The number of aryl methyl sites for hydroxylation is 1. The summed E-state index contributed by atoms with van der Waals surface area (Å²) in [6.45, 7) is 4.75. The Labute approximate surface area is 179 Å². The highest BCUT2D eigenvalue weighted by molar-refractivity contribution is 5.77. The second kappa shape index (κ2) is 9.55. The zero-order valence-electron chi connectivity index (χ0n) is 18.5. The molecule has 3 aromatic rings. The van der Waals surface area contributed by atoms with Crippen LogP contribution in [0, 0.1) is 0 Å². The molecule has 0 aliphatic carbocycles. The molecule has 0 atom stereocenters. The molecule has 0 bridgehead atoms. The molecule has 31 heavy (non-hydrogen) atoms. The lowest BCUT2D eigenvalue weighted by Gasteiger charge is -2.11. The number of H-pyrrole nitrogens is 1. The number of imidazole rings is 1. The SMILES string of the molecule is CCCn1c(=O)c2[nH]c(/C=C/c3cc(OC)c(OC)cc3OC)nc2n(CCC)c1=O. The third-order valence-corrected chi connectivity index (χ3v) is 4.93. The first-order chi connectivity index (χ1) is 15.0. The van der Waals surface area contributed by atoms with Gasteiger partial charge in [0.15, 0.2) is 17.1 Å². The van der Waals surface area contributed by atoms with Crippen LogP contribution in [0.15, 0.2) is 21.7 Å². The average Bonchev–Trinajstić information content (AvgIpc) is 3.21. The van der Waals surface area contributed by atoms with Gasteiger partial charge in [0.2, 0.25) is 0 Å². The highest BCUT2D eigenvalue weighted by Gasteiger charge is 2.16. The molecule has 0 saturated carbocycles. The van der Waals surface area contributed by atoms with E-state index in [1.165, 1.54) is 4.57 Å². The molecule has 0 amide bonds. The van der Waals surface area contributed by atoms with Crippen molar-refractivity contribution in [1.82, 2.24) is 19.1 Å². The largest absolute Gasteiger partial charge is 0.496 e. The van der Waals surface area contributed by atoms with E-state index >= 15 is 0 Å². The molecule has 0 aliphatic heterocycles. The molecule has 3 rings (SSSR count). The summed E-state index contributed by atoms with van der Waals surface area (Å²) in [4.78, 5) is 33.2. The molecule has 0 fully saturated rings. The van der Waals surface area contributed by atoms with Crippen LogP contribution in [0.3, 0.4) is 0 Å². The summed E-state index contributed by atoms with van der Waals surface area (Å²) in [5, 5.41) is 0. The van der Waals surface area contributed by atoms with Gasteiger partial charge in [0.05, 0.1) is 21.3 Å². The molecular formula is C22H28N4O5. The average molecular weight is 428 g/mol. The zero-order chi connectivity index (χ0) is 22.5. The topological polar surface area (TPSA) is 100 Å². The zero-order valence-corrected chi connectivity index (χ0v) is 18.5. The lowest BCUT2D eigenvalue weighted by molar-refractivity contribution is 0.348. The van der Waals surface area contributed by atoms with Crippen molar-refractivity contribution >= 4 is 23.3 Å². The summed E-state index contributed by atoms with van der Waals surface area (Å²) < 4.78 is 18.9. The highest BCUT2D eigenvalue weighted by atomic mass is 16.5. The lowest BCUT2D eigenvalue weighted by atomic mass is 10.1. The fraction of sp³-hybridized carbons (Fsp3) is 0.409. The van der Waals surface area contributed by atoms with Crippen LogP contribution in [0.2, 0.25) is 0 Å². The van der Waals surface area contributed by atoms with Gasteiger partial charge in [-0.1, -0.05) is 13.8 Å². The Morgan fingerprint density at radius 3 is 2.13 bits per heavy atom. The highest BCUT2D eigenvalue weighted by Crippen LogP contribution is 2.35. The quantitative estimate of drug-likeness (QED) is 0.562. The van der Waals surface area contributed by atoms with Crippen molar-refractivity contribution in [2.45, 2.75) is 39.8 Å². The molecule has 0 radical (unpaired) electrons. The van der Waals surface area contributed by atoms with Gasteiger partial charge < -0.3 is 19.2 Å². The first kappa shape index (κ1) is 22.2. The summed E-state index contributed by atoms with van der Waals surface area (Å²) in [5.74, 6) is 2.17. The van der Waals surface area contributed by atoms with Crippen molar-refractivity contribution in [1.29, 1.82) is 0 Å². The molecule has 1 aromatic carbocycles.